The maximum Gasteiger partial charge on any atom is 0.0543 e. The van der Waals surface area contributed by atoms with E-state index in [0.29, 0.717) is 22.8 Å². The third-order valence-corrected chi connectivity index (χ3v) is 12.9. The van der Waals surface area contributed by atoms with Gasteiger partial charge in [0.1, 0.15) is 0 Å². The van der Waals surface area contributed by atoms with E-state index in [9.17, 15) is 5.11 Å². The van der Waals surface area contributed by atoms with E-state index in [1.807, 2.05) is 0 Å². The lowest BCUT2D eigenvalue weighted by Crippen LogP contribution is -2.61. The Morgan fingerprint density at radius 3 is 2.18 bits per heavy atom. The van der Waals surface area contributed by atoms with Crippen molar-refractivity contribution in [3.63, 3.8) is 0 Å². The lowest BCUT2D eigenvalue weighted by Gasteiger charge is -2.63. The van der Waals surface area contributed by atoms with Gasteiger partial charge in [-0.05, 0) is 130 Å². The number of fused-ring (bicyclic) bond motifs is 5. The first-order valence-corrected chi connectivity index (χ1v) is 17.3. The van der Waals surface area contributed by atoms with Crippen molar-refractivity contribution in [3.8, 4) is 0 Å². The molecule has 0 aromatic rings. The van der Waals surface area contributed by atoms with E-state index < -0.39 is 0 Å². The molecule has 38 heavy (non-hydrogen) atoms. The smallest absolute Gasteiger partial charge is 0.0543 e. The zero-order valence-corrected chi connectivity index (χ0v) is 26.2. The fraction of sp³-hybridized carbons (Fsp3) is 1.00. The molecule has 4 rings (SSSR count). The molecule has 222 valence electrons. The molecule has 10 unspecified atom stereocenters. The van der Waals surface area contributed by atoms with Gasteiger partial charge in [0.2, 0.25) is 0 Å². The molecule has 0 aliphatic heterocycles. The Morgan fingerprint density at radius 2 is 1.45 bits per heavy atom. The number of hydrogen-bond acceptors (Lipinski definition) is 3. The van der Waals surface area contributed by atoms with Crippen LogP contribution in [0.2, 0.25) is 0 Å². The van der Waals surface area contributed by atoms with E-state index in [-0.39, 0.29) is 6.10 Å². The fourth-order valence-electron chi connectivity index (χ4n) is 10.8. The van der Waals surface area contributed by atoms with Gasteiger partial charge in [-0.1, -0.05) is 79.6 Å². The highest BCUT2D eigenvalue weighted by Gasteiger charge is 2.62. The van der Waals surface area contributed by atoms with Gasteiger partial charge in [-0.3, -0.25) is 0 Å². The molecule has 3 heteroatoms. The quantitative estimate of drug-likeness (QED) is 0.198. The SMILES string of the molecule is CC(C)CCCC(C)C1CCC2C3CC(NCCCCCCCCN)C4CC(O)CCC4(C)C3CCC12C. The van der Waals surface area contributed by atoms with Crippen LogP contribution in [0.25, 0.3) is 0 Å². The topological polar surface area (TPSA) is 58.3 Å². The van der Waals surface area contributed by atoms with E-state index in [0.717, 1.165) is 54.9 Å². The van der Waals surface area contributed by atoms with E-state index in [4.69, 9.17) is 5.73 Å². The molecule has 4 aliphatic rings. The second-order valence-corrected chi connectivity index (χ2v) is 15.7. The first-order chi connectivity index (χ1) is 18.2. The minimum absolute atomic E-state index is 0.0760. The van der Waals surface area contributed by atoms with Crippen LogP contribution in [0.1, 0.15) is 144 Å². The molecule has 4 saturated carbocycles. The van der Waals surface area contributed by atoms with Crippen molar-refractivity contribution < 1.29 is 5.11 Å². The molecule has 4 N–H and O–H groups in total. The Morgan fingerprint density at radius 1 is 0.763 bits per heavy atom. The average Bonchev–Trinajstić information content (AvgIpc) is 3.23. The molecule has 0 bridgehead atoms. The Labute approximate surface area is 237 Å². The number of aliphatic hydroxyl groups excluding tert-OH is 1. The minimum atomic E-state index is -0.0760. The predicted octanol–water partition coefficient (Wildman–Crippen LogP) is 8.34. The first-order valence-electron chi connectivity index (χ1n) is 17.3. The zero-order valence-electron chi connectivity index (χ0n) is 26.2. The molecule has 0 amide bonds. The number of aliphatic hydroxyl groups is 1. The monoisotopic (exact) mass is 531 g/mol. The van der Waals surface area contributed by atoms with Crippen molar-refractivity contribution in [2.24, 2.45) is 58.0 Å². The van der Waals surface area contributed by atoms with Crippen LogP contribution in [0, 0.1) is 52.3 Å². The van der Waals surface area contributed by atoms with Gasteiger partial charge in [0.05, 0.1) is 6.10 Å². The summed E-state index contributed by atoms with van der Waals surface area (Å²) in [4.78, 5) is 0. The van der Waals surface area contributed by atoms with E-state index in [2.05, 4.69) is 39.9 Å². The van der Waals surface area contributed by atoms with Crippen molar-refractivity contribution in [2.75, 3.05) is 13.1 Å². The van der Waals surface area contributed by atoms with Crippen LogP contribution in [0.3, 0.4) is 0 Å². The van der Waals surface area contributed by atoms with Crippen LogP contribution in [-0.4, -0.2) is 30.3 Å². The van der Waals surface area contributed by atoms with Crippen LogP contribution in [0.5, 0.6) is 0 Å². The highest BCUT2D eigenvalue weighted by Crippen LogP contribution is 2.68. The molecule has 0 radical (unpaired) electrons. The van der Waals surface area contributed by atoms with Crippen LogP contribution in [0.15, 0.2) is 0 Å². The largest absolute Gasteiger partial charge is 0.393 e. The summed E-state index contributed by atoms with van der Waals surface area (Å²) in [7, 11) is 0. The maximum absolute atomic E-state index is 10.7. The summed E-state index contributed by atoms with van der Waals surface area (Å²) < 4.78 is 0. The van der Waals surface area contributed by atoms with Crippen molar-refractivity contribution in [2.45, 2.75) is 156 Å². The van der Waals surface area contributed by atoms with Gasteiger partial charge in [0.15, 0.2) is 0 Å². The number of nitrogens with one attached hydrogen (secondary N) is 1. The molecule has 0 heterocycles. The van der Waals surface area contributed by atoms with Gasteiger partial charge in [-0.2, -0.15) is 0 Å². The van der Waals surface area contributed by atoms with Crippen LogP contribution in [0.4, 0.5) is 0 Å². The summed E-state index contributed by atoms with van der Waals surface area (Å²) in [6, 6.07) is 0.610. The molecular formula is C35H66N2O. The Balaban J connectivity index is 1.41. The Hall–Kier alpha value is -0.120. The standard InChI is InChI=1S/C35H66N2O/c1-25(2)13-12-14-26(3)29-15-16-30-28-24-33(37-22-11-9-7-6-8-10-21-36)32-23-27(38)17-19-35(32,5)31(28)18-20-34(29,30)4/h25-33,37-38H,6-24,36H2,1-5H3. The van der Waals surface area contributed by atoms with Crippen molar-refractivity contribution >= 4 is 0 Å². The molecular weight excluding hydrogens is 464 g/mol. The van der Waals surface area contributed by atoms with Gasteiger partial charge in [-0.25, -0.2) is 0 Å². The van der Waals surface area contributed by atoms with Crippen molar-refractivity contribution in [1.82, 2.24) is 5.32 Å². The molecule has 0 spiro atoms. The number of nitrogens with two attached hydrogens (primary N) is 1. The predicted molar refractivity (Wildman–Crippen MR) is 163 cm³/mol. The lowest BCUT2D eigenvalue weighted by atomic mass is 9.43. The molecule has 10 atom stereocenters. The molecule has 0 aromatic heterocycles. The van der Waals surface area contributed by atoms with Gasteiger partial charge in [0, 0.05) is 6.04 Å². The summed E-state index contributed by atoms with van der Waals surface area (Å²) in [6.07, 6.45) is 22.6. The summed E-state index contributed by atoms with van der Waals surface area (Å²) in [6.45, 7) is 14.8. The molecule has 0 saturated heterocycles. The highest BCUT2D eigenvalue weighted by atomic mass is 16.3. The highest BCUT2D eigenvalue weighted by molar-refractivity contribution is 5.12. The van der Waals surface area contributed by atoms with Gasteiger partial charge in [-0.15, -0.1) is 0 Å². The second kappa shape index (κ2) is 13.7. The van der Waals surface area contributed by atoms with Crippen molar-refractivity contribution in [1.29, 1.82) is 0 Å². The second-order valence-electron chi connectivity index (χ2n) is 15.7. The Bertz CT molecular complexity index is 710. The van der Waals surface area contributed by atoms with Gasteiger partial charge < -0.3 is 16.2 Å². The van der Waals surface area contributed by atoms with Gasteiger partial charge >= 0.3 is 0 Å². The average molecular weight is 531 g/mol. The summed E-state index contributed by atoms with van der Waals surface area (Å²) >= 11 is 0. The normalized spacial score (nSPS) is 41.5. The number of rotatable bonds is 14. The molecule has 4 fully saturated rings. The van der Waals surface area contributed by atoms with Crippen LogP contribution >= 0.6 is 0 Å². The minimum Gasteiger partial charge on any atom is -0.393 e. The molecule has 0 aromatic carbocycles. The zero-order chi connectivity index (χ0) is 27.3. The fourth-order valence-corrected chi connectivity index (χ4v) is 10.8. The van der Waals surface area contributed by atoms with E-state index in [1.165, 1.54) is 103 Å². The first kappa shape index (κ1) is 30.8. The molecule has 4 aliphatic carbocycles. The van der Waals surface area contributed by atoms with Crippen LogP contribution < -0.4 is 11.1 Å². The van der Waals surface area contributed by atoms with Crippen molar-refractivity contribution in [3.05, 3.63) is 0 Å². The molecule has 3 nitrogen and oxygen atoms in total. The third-order valence-electron chi connectivity index (χ3n) is 12.9. The number of hydrogen-bond donors (Lipinski definition) is 3. The van der Waals surface area contributed by atoms with Crippen LogP contribution in [-0.2, 0) is 0 Å². The Kier molecular flexibility index (Phi) is 11.1. The summed E-state index contributed by atoms with van der Waals surface area (Å²) in [5.41, 5.74) is 6.64. The maximum atomic E-state index is 10.7. The third kappa shape index (κ3) is 6.67. The van der Waals surface area contributed by atoms with E-state index >= 15 is 0 Å². The number of unbranched alkanes of at least 4 members (excludes halogenated alkanes) is 5. The van der Waals surface area contributed by atoms with Gasteiger partial charge in [0.25, 0.3) is 0 Å². The summed E-state index contributed by atoms with van der Waals surface area (Å²) in [5.74, 6) is 6.03. The summed E-state index contributed by atoms with van der Waals surface area (Å²) in [5, 5.41) is 14.9. The lowest BCUT2D eigenvalue weighted by molar-refractivity contribution is -0.141. The van der Waals surface area contributed by atoms with E-state index in [1.54, 1.807) is 0 Å².